The molecule has 0 saturated carbocycles. The molecule has 5 nitrogen and oxygen atoms in total. The van der Waals surface area contributed by atoms with Crippen molar-refractivity contribution in [2.45, 2.75) is 0 Å². The summed E-state index contributed by atoms with van der Waals surface area (Å²) in [6.45, 7) is 0. The van der Waals surface area contributed by atoms with Crippen LogP contribution in [0.5, 0.6) is 0 Å². The highest BCUT2D eigenvalue weighted by Crippen LogP contribution is 2.38. The van der Waals surface area contributed by atoms with Crippen molar-refractivity contribution in [2.24, 2.45) is 0 Å². The van der Waals surface area contributed by atoms with Crippen LogP contribution in [0.3, 0.4) is 0 Å². The van der Waals surface area contributed by atoms with Gasteiger partial charge in [-0.2, -0.15) is 9.97 Å². The van der Waals surface area contributed by atoms with E-state index >= 15 is 0 Å². The van der Waals surface area contributed by atoms with E-state index in [1.807, 2.05) is 95.6 Å². The zero-order valence-corrected chi connectivity index (χ0v) is 25.3. The van der Waals surface area contributed by atoms with Crippen molar-refractivity contribution in [1.29, 1.82) is 0 Å². The summed E-state index contributed by atoms with van der Waals surface area (Å²) in [7, 11) is 0. The molecule has 10 rings (SSSR count). The first-order valence-electron chi connectivity index (χ1n) is 18.1. The van der Waals surface area contributed by atoms with Gasteiger partial charge in [0.2, 0.25) is 5.95 Å². The van der Waals surface area contributed by atoms with Gasteiger partial charge in [0.1, 0.15) is 11.2 Å². The molecule has 48 heavy (non-hydrogen) atoms. The molecule has 0 atom stereocenters. The molecule has 0 aliphatic carbocycles. The van der Waals surface area contributed by atoms with E-state index < -0.39 is 18.1 Å². The van der Waals surface area contributed by atoms with Crippen molar-refractivity contribution in [2.75, 3.05) is 0 Å². The Morgan fingerprint density at radius 3 is 1.96 bits per heavy atom. The van der Waals surface area contributed by atoms with Crippen LogP contribution in [-0.4, -0.2) is 19.5 Å². The molecule has 0 spiro atoms. The Hall–Kier alpha value is -6.59. The van der Waals surface area contributed by atoms with Crippen molar-refractivity contribution in [1.82, 2.24) is 19.5 Å². The van der Waals surface area contributed by atoms with Gasteiger partial charge >= 0.3 is 0 Å². The van der Waals surface area contributed by atoms with E-state index in [1.54, 1.807) is 0 Å². The number of para-hydroxylation sites is 3. The van der Waals surface area contributed by atoms with Gasteiger partial charge in [-0.25, -0.2) is 4.98 Å². The van der Waals surface area contributed by atoms with Crippen molar-refractivity contribution in [3.63, 3.8) is 0 Å². The lowest BCUT2D eigenvalue weighted by Gasteiger charge is -2.11. The fourth-order valence-corrected chi connectivity index (χ4v) is 6.73. The number of rotatable bonds is 4. The lowest BCUT2D eigenvalue weighted by Crippen LogP contribution is -2.06. The van der Waals surface area contributed by atoms with Crippen LogP contribution in [0.2, 0.25) is 0 Å². The van der Waals surface area contributed by atoms with Crippen LogP contribution in [-0.2, 0) is 0 Å². The largest absolute Gasteiger partial charge is 0.455 e. The number of fused-ring (bicyclic) bond motifs is 7. The molecule has 0 fully saturated rings. The maximum atomic E-state index is 8.78. The number of hydrogen-bond acceptors (Lipinski definition) is 4. The highest BCUT2D eigenvalue weighted by molar-refractivity contribution is 6.11. The number of hydrogen-bond donors (Lipinski definition) is 0. The SMILES string of the molecule is [2H]c1c([2H])c([2H])c(-c2nc(-c3ccc4oc5c(-c6ccc7ccccc7c6)cccc5c4c3)nc(-n3c4ccccc4c4ccccc43)n2)c([2H])c1[2H]. The molecule has 0 saturated heterocycles. The molecule has 0 unspecified atom stereocenters. The number of furan rings is 1. The van der Waals surface area contributed by atoms with Crippen LogP contribution < -0.4 is 0 Å². The predicted molar refractivity (Wildman–Crippen MR) is 195 cm³/mol. The van der Waals surface area contributed by atoms with Crippen LogP contribution in [0, 0.1) is 0 Å². The van der Waals surface area contributed by atoms with Gasteiger partial charge in [0.15, 0.2) is 11.6 Å². The molecular formula is C43H26N4O. The second kappa shape index (κ2) is 10.5. The van der Waals surface area contributed by atoms with E-state index in [1.165, 1.54) is 5.39 Å². The maximum absolute atomic E-state index is 8.78. The first kappa shape index (κ1) is 22.0. The average Bonchev–Trinajstić information content (AvgIpc) is 3.75. The number of benzene rings is 7. The molecule has 224 valence electrons. The third-order valence-electron chi connectivity index (χ3n) is 8.94. The van der Waals surface area contributed by atoms with Crippen molar-refractivity contribution < 1.29 is 11.3 Å². The Labute approximate surface area is 282 Å². The first-order chi connectivity index (χ1) is 25.9. The van der Waals surface area contributed by atoms with E-state index in [4.69, 9.17) is 26.2 Å². The molecule has 7 aromatic carbocycles. The Kier molecular flexibility index (Phi) is 4.81. The molecule has 0 aliphatic rings. The lowest BCUT2D eigenvalue weighted by atomic mass is 9.99. The van der Waals surface area contributed by atoms with E-state index in [2.05, 4.69) is 36.4 Å². The maximum Gasteiger partial charge on any atom is 0.238 e. The summed E-state index contributed by atoms with van der Waals surface area (Å²) < 4.78 is 50.9. The zero-order chi connectivity index (χ0) is 36.0. The quantitative estimate of drug-likeness (QED) is 0.197. The summed E-state index contributed by atoms with van der Waals surface area (Å²) in [6.07, 6.45) is 0. The highest BCUT2D eigenvalue weighted by Gasteiger charge is 2.19. The van der Waals surface area contributed by atoms with Gasteiger partial charge in [-0.15, -0.1) is 0 Å². The van der Waals surface area contributed by atoms with Gasteiger partial charge in [-0.1, -0.05) is 121 Å². The number of nitrogens with zero attached hydrogens (tertiary/aromatic N) is 4. The summed E-state index contributed by atoms with van der Waals surface area (Å²) in [5.41, 5.74) is 5.74. The van der Waals surface area contributed by atoms with E-state index in [0.717, 1.165) is 54.7 Å². The number of aromatic nitrogens is 4. The van der Waals surface area contributed by atoms with E-state index in [0.29, 0.717) is 11.1 Å². The summed E-state index contributed by atoms with van der Waals surface area (Å²) in [5.74, 6) is 0.505. The Balaban J connectivity index is 1.22. The van der Waals surface area contributed by atoms with Crippen LogP contribution in [0.4, 0.5) is 0 Å². The fourth-order valence-electron chi connectivity index (χ4n) is 6.73. The topological polar surface area (TPSA) is 56.7 Å². The van der Waals surface area contributed by atoms with Gasteiger partial charge in [0.05, 0.1) is 17.9 Å². The normalized spacial score (nSPS) is 13.2. The predicted octanol–water partition coefficient (Wildman–Crippen LogP) is 11.0. The second-order valence-electron chi connectivity index (χ2n) is 11.7. The van der Waals surface area contributed by atoms with Gasteiger partial charge in [-0.05, 0) is 52.7 Å². The minimum Gasteiger partial charge on any atom is -0.455 e. The minimum absolute atomic E-state index is 0.0281. The van der Waals surface area contributed by atoms with Crippen molar-refractivity contribution in [3.05, 3.63) is 158 Å². The lowest BCUT2D eigenvalue weighted by molar-refractivity contribution is 0.670. The smallest absolute Gasteiger partial charge is 0.238 e. The van der Waals surface area contributed by atoms with Gasteiger partial charge < -0.3 is 4.42 Å². The second-order valence-corrected chi connectivity index (χ2v) is 11.7. The van der Waals surface area contributed by atoms with Crippen molar-refractivity contribution >= 4 is 54.5 Å². The third kappa shape index (κ3) is 4.15. The molecule has 3 heterocycles. The van der Waals surface area contributed by atoms with Gasteiger partial charge in [-0.3, -0.25) is 4.57 Å². The molecule has 3 aromatic heterocycles. The van der Waals surface area contributed by atoms with Crippen LogP contribution in [0.15, 0.2) is 162 Å². The van der Waals surface area contributed by atoms with Crippen molar-refractivity contribution in [3.8, 4) is 39.9 Å². The summed E-state index contributed by atoms with van der Waals surface area (Å²) in [5, 5.41) is 6.10. The molecule has 10 aromatic rings. The van der Waals surface area contributed by atoms with Gasteiger partial charge in [0, 0.05) is 38.2 Å². The Morgan fingerprint density at radius 2 is 1.17 bits per heavy atom. The standard InChI is InChI=1S/C43H26N4O/c1-2-12-28(13-3-1)41-44-42(46-43(45-41)47-37-19-8-6-15-33(37)34-16-7-9-20-38(34)47)31-23-24-39-36(26-31)35-18-10-17-32(40(35)48-39)30-22-21-27-11-4-5-14-29(27)25-30/h1-26H/i1D,2D,3D,12D,13D. The zero-order valence-electron chi connectivity index (χ0n) is 30.3. The molecule has 5 heteroatoms. The summed E-state index contributed by atoms with van der Waals surface area (Å²) in [4.78, 5) is 14.7. The third-order valence-corrected chi connectivity index (χ3v) is 8.94. The fraction of sp³-hybridized carbons (Fsp3) is 0. The first-order valence-corrected chi connectivity index (χ1v) is 15.6. The van der Waals surface area contributed by atoms with E-state index in [-0.39, 0.29) is 35.2 Å². The molecule has 0 bridgehead atoms. The van der Waals surface area contributed by atoms with Crippen LogP contribution >= 0.6 is 0 Å². The average molecular weight is 620 g/mol. The molecule has 0 aliphatic heterocycles. The van der Waals surface area contributed by atoms with E-state index in [9.17, 15) is 0 Å². The molecular weight excluding hydrogens is 589 g/mol. The minimum atomic E-state index is -0.485. The van der Waals surface area contributed by atoms with Crippen LogP contribution in [0.25, 0.3) is 94.4 Å². The molecule has 0 amide bonds. The monoisotopic (exact) mass is 619 g/mol. The highest BCUT2D eigenvalue weighted by atomic mass is 16.3. The summed E-state index contributed by atoms with van der Waals surface area (Å²) in [6, 6.07) is 40.2. The Bertz CT molecular complexity index is 3070. The summed E-state index contributed by atoms with van der Waals surface area (Å²) >= 11 is 0. The molecule has 0 N–H and O–H groups in total. The molecule has 0 radical (unpaired) electrons. The van der Waals surface area contributed by atoms with Crippen LogP contribution in [0.1, 0.15) is 6.85 Å². The Morgan fingerprint density at radius 1 is 0.500 bits per heavy atom. The van der Waals surface area contributed by atoms with Gasteiger partial charge in [0.25, 0.3) is 0 Å².